The molecular weight excluding hydrogens is 292 g/mol. The fourth-order valence-electron chi connectivity index (χ4n) is 2.28. The number of ether oxygens (including phenoxy) is 1. The predicted octanol–water partition coefficient (Wildman–Crippen LogP) is 3.66. The van der Waals surface area contributed by atoms with E-state index < -0.39 is 11.9 Å². The van der Waals surface area contributed by atoms with Gasteiger partial charge in [0.1, 0.15) is 0 Å². The molecule has 0 saturated carbocycles. The Morgan fingerprint density at radius 3 is 2.17 bits per heavy atom. The van der Waals surface area contributed by atoms with Gasteiger partial charge >= 0.3 is 11.9 Å². The molecule has 2 aromatic carbocycles. The molecule has 2 aromatic rings. The van der Waals surface area contributed by atoms with E-state index in [-0.39, 0.29) is 11.1 Å². The number of hydrogen-bond donors (Lipinski definition) is 1. The lowest BCUT2D eigenvalue weighted by Gasteiger charge is -2.09. The van der Waals surface area contributed by atoms with Gasteiger partial charge < -0.3 is 9.84 Å². The third-order valence-corrected chi connectivity index (χ3v) is 3.55. The van der Waals surface area contributed by atoms with E-state index in [9.17, 15) is 14.7 Å². The predicted molar refractivity (Wildman–Crippen MR) is 89.1 cm³/mol. The molecule has 0 aromatic heterocycles. The highest BCUT2D eigenvalue weighted by atomic mass is 16.5. The summed E-state index contributed by atoms with van der Waals surface area (Å²) < 4.78 is 4.82. The minimum Gasteiger partial charge on any atom is -0.478 e. The van der Waals surface area contributed by atoms with E-state index in [2.05, 4.69) is 6.92 Å². The van der Waals surface area contributed by atoms with E-state index in [0.717, 1.165) is 12.0 Å². The van der Waals surface area contributed by atoms with Gasteiger partial charge in [-0.1, -0.05) is 49.4 Å². The molecule has 1 N–H and O–H groups in total. The quantitative estimate of drug-likeness (QED) is 0.520. The van der Waals surface area contributed by atoms with Crippen LogP contribution < -0.4 is 0 Å². The zero-order valence-electron chi connectivity index (χ0n) is 13.1. The number of hydrogen-bond acceptors (Lipinski definition) is 3. The van der Waals surface area contributed by atoms with Gasteiger partial charge in [0, 0.05) is 5.56 Å². The summed E-state index contributed by atoms with van der Waals surface area (Å²) in [4.78, 5) is 23.5. The van der Waals surface area contributed by atoms with Gasteiger partial charge in [-0.2, -0.15) is 0 Å². The number of rotatable bonds is 5. The van der Waals surface area contributed by atoms with Gasteiger partial charge in [0.2, 0.25) is 0 Å². The zero-order chi connectivity index (χ0) is 16.8. The van der Waals surface area contributed by atoms with Gasteiger partial charge in [-0.15, -0.1) is 0 Å². The summed E-state index contributed by atoms with van der Waals surface area (Å²) in [5.41, 5.74) is 2.62. The van der Waals surface area contributed by atoms with Gasteiger partial charge in [-0.05, 0) is 29.7 Å². The summed E-state index contributed by atoms with van der Waals surface area (Å²) in [5, 5.41) is 9.32. The summed E-state index contributed by atoms with van der Waals surface area (Å²) in [6, 6.07) is 14.1. The fraction of sp³-hybridized carbons (Fsp3) is 0.158. The molecule has 118 valence electrons. The van der Waals surface area contributed by atoms with E-state index in [4.69, 9.17) is 4.74 Å². The van der Waals surface area contributed by atoms with Crippen molar-refractivity contribution in [3.63, 3.8) is 0 Å². The minimum absolute atomic E-state index is 0.0642. The third-order valence-electron chi connectivity index (χ3n) is 3.55. The average Bonchev–Trinajstić information content (AvgIpc) is 2.59. The molecule has 0 spiro atoms. The lowest BCUT2D eigenvalue weighted by Crippen LogP contribution is -2.09. The molecule has 0 aliphatic carbocycles. The Balaban J connectivity index is 2.55. The Hall–Kier alpha value is -2.88. The van der Waals surface area contributed by atoms with Crippen LogP contribution in [-0.4, -0.2) is 24.2 Å². The second kappa shape index (κ2) is 7.40. The standard InChI is InChI=1S/C19H18O4/c1-3-13-8-10-14(11-9-13)12-17(19(22)23-2)15-6-4-5-7-16(15)18(20)21/h4-12H,3H2,1-2H3,(H,20,21)/b17-12+. The van der Waals surface area contributed by atoms with Crippen LogP contribution in [0.1, 0.15) is 34.0 Å². The fourth-order valence-corrected chi connectivity index (χ4v) is 2.28. The first kappa shape index (κ1) is 16.5. The number of esters is 1. The van der Waals surface area contributed by atoms with Gasteiger partial charge in [-0.3, -0.25) is 0 Å². The Kier molecular flexibility index (Phi) is 5.31. The highest BCUT2D eigenvalue weighted by Gasteiger charge is 2.19. The van der Waals surface area contributed by atoms with Gasteiger partial charge in [0.15, 0.2) is 0 Å². The smallest absolute Gasteiger partial charge is 0.338 e. The van der Waals surface area contributed by atoms with Crippen molar-refractivity contribution in [2.45, 2.75) is 13.3 Å². The summed E-state index contributed by atoms with van der Waals surface area (Å²) in [6.07, 6.45) is 2.57. The topological polar surface area (TPSA) is 63.6 Å². The largest absolute Gasteiger partial charge is 0.478 e. The van der Waals surface area contributed by atoms with Crippen LogP contribution in [0.4, 0.5) is 0 Å². The number of aromatic carboxylic acids is 1. The summed E-state index contributed by atoms with van der Waals surface area (Å²) in [5.74, 6) is -1.66. The van der Waals surface area contributed by atoms with Crippen molar-refractivity contribution in [2.75, 3.05) is 7.11 Å². The lowest BCUT2D eigenvalue weighted by molar-refractivity contribution is -0.133. The van der Waals surface area contributed by atoms with Crippen LogP contribution in [0, 0.1) is 0 Å². The maximum absolute atomic E-state index is 12.1. The van der Waals surface area contributed by atoms with Crippen molar-refractivity contribution >= 4 is 23.6 Å². The summed E-state index contributed by atoms with van der Waals surface area (Å²) >= 11 is 0. The second-order valence-corrected chi connectivity index (χ2v) is 5.00. The normalized spacial score (nSPS) is 11.1. The Morgan fingerprint density at radius 2 is 1.65 bits per heavy atom. The molecule has 0 saturated heterocycles. The third kappa shape index (κ3) is 3.86. The van der Waals surface area contributed by atoms with Gasteiger partial charge in [0.25, 0.3) is 0 Å². The molecule has 0 heterocycles. The van der Waals surface area contributed by atoms with E-state index in [1.807, 2.05) is 24.3 Å². The highest BCUT2D eigenvalue weighted by molar-refractivity contribution is 6.23. The average molecular weight is 310 g/mol. The van der Waals surface area contributed by atoms with Gasteiger partial charge in [-0.25, -0.2) is 9.59 Å². The molecule has 0 aliphatic heterocycles. The van der Waals surface area contributed by atoms with Crippen molar-refractivity contribution in [3.05, 3.63) is 70.8 Å². The molecular formula is C19H18O4. The van der Waals surface area contributed by atoms with Crippen molar-refractivity contribution in [1.82, 2.24) is 0 Å². The number of carboxylic acids is 1. The Morgan fingerprint density at radius 1 is 1.04 bits per heavy atom. The number of methoxy groups -OCH3 is 1. The van der Waals surface area contributed by atoms with E-state index in [1.54, 1.807) is 24.3 Å². The molecule has 4 heteroatoms. The number of carbonyl (C=O) groups is 2. The van der Waals surface area contributed by atoms with Crippen LogP contribution in [0.3, 0.4) is 0 Å². The van der Waals surface area contributed by atoms with Crippen LogP contribution in [0.15, 0.2) is 48.5 Å². The second-order valence-electron chi connectivity index (χ2n) is 5.00. The first-order valence-corrected chi connectivity index (χ1v) is 7.28. The summed E-state index contributed by atoms with van der Waals surface area (Å²) in [6.45, 7) is 2.06. The van der Waals surface area contributed by atoms with E-state index >= 15 is 0 Å². The molecule has 0 atom stereocenters. The minimum atomic E-state index is -1.09. The molecule has 2 rings (SSSR count). The Bertz CT molecular complexity index is 742. The van der Waals surface area contributed by atoms with Crippen molar-refractivity contribution in [2.24, 2.45) is 0 Å². The van der Waals surface area contributed by atoms with E-state index in [0.29, 0.717) is 5.56 Å². The Labute approximate surface area is 135 Å². The van der Waals surface area contributed by atoms with Crippen molar-refractivity contribution in [3.8, 4) is 0 Å². The van der Waals surface area contributed by atoms with Crippen LogP contribution in [0.25, 0.3) is 11.6 Å². The molecule has 0 amide bonds. The van der Waals surface area contributed by atoms with E-state index in [1.165, 1.54) is 18.7 Å². The molecule has 23 heavy (non-hydrogen) atoms. The molecule has 0 aliphatic rings. The highest BCUT2D eigenvalue weighted by Crippen LogP contribution is 2.24. The van der Waals surface area contributed by atoms with Crippen LogP contribution in [0.5, 0.6) is 0 Å². The molecule has 0 fully saturated rings. The molecule has 0 radical (unpaired) electrons. The first-order chi connectivity index (χ1) is 11.1. The molecule has 4 nitrogen and oxygen atoms in total. The first-order valence-electron chi connectivity index (χ1n) is 7.28. The van der Waals surface area contributed by atoms with Crippen molar-refractivity contribution < 1.29 is 19.4 Å². The molecule has 0 unspecified atom stereocenters. The lowest BCUT2D eigenvalue weighted by atomic mass is 9.97. The van der Waals surface area contributed by atoms with Gasteiger partial charge in [0.05, 0.1) is 18.2 Å². The van der Waals surface area contributed by atoms with Crippen LogP contribution in [0.2, 0.25) is 0 Å². The van der Waals surface area contributed by atoms with Crippen molar-refractivity contribution in [1.29, 1.82) is 0 Å². The number of benzene rings is 2. The summed E-state index contributed by atoms with van der Waals surface area (Å²) in [7, 11) is 1.28. The molecule has 0 bridgehead atoms. The zero-order valence-corrected chi connectivity index (χ0v) is 13.1. The number of carbonyl (C=O) groups excluding carboxylic acids is 1. The number of carboxylic acid groups (broad SMARTS) is 1. The maximum atomic E-state index is 12.1. The van der Waals surface area contributed by atoms with Crippen LogP contribution >= 0.6 is 0 Å². The van der Waals surface area contributed by atoms with Crippen LogP contribution in [-0.2, 0) is 16.0 Å². The SMILES string of the molecule is CCc1ccc(/C=C(/C(=O)OC)c2ccccc2C(=O)O)cc1. The maximum Gasteiger partial charge on any atom is 0.338 e. The monoisotopic (exact) mass is 310 g/mol. The number of aryl methyl sites for hydroxylation is 1.